The molecule has 2 aromatic rings. The molecule has 0 aliphatic rings. The molecule has 0 bridgehead atoms. The van der Waals surface area contributed by atoms with Crippen LogP contribution in [0, 0.1) is 3.57 Å². The van der Waals surface area contributed by atoms with Crippen LogP contribution < -0.4 is 5.12 Å². The van der Waals surface area contributed by atoms with E-state index in [0.29, 0.717) is 5.52 Å². The van der Waals surface area contributed by atoms with Gasteiger partial charge in [-0.05, 0) is 71.4 Å². The van der Waals surface area contributed by atoms with Gasteiger partial charge in [0.05, 0.1) is 5.52 Å². The Balaban J connectivity index is 2.34. The molecule has 1 heterocycles. The van der Waals surface area contributed by atoms with Crippen molar-refractivity contribution in [2.75, 3.05) is 5.12 Å². The lowest BCUT2D eigenvalue weighted by Crippen LogP contribution is -2.32. The zero-order chi connectivity index (χ0) is 15.8. The van der Waals surface area contributed by atoms with E-state index in [9.17, 15) is 9.28 Å². The average Bonchev–Trinajstić information content (AvgIpc) is 2.36. The molecule has 0 saturated heterocycles. The van der Waals surface area contributed by atoms with E-state index in [-0.39, 0.29) is 11.1 Å². The van der Waals surface area contributed by atoms with E-state index >= 15 is 0 Å². The van der Waals surface area contributed by atoms with Crippen molar-refractivity contribution < 1.29 is 14.0 Å². The Bertz CT molecular complexity index is 706. The molecule has 0 saturated carbocycles. The minimum atomic E-state index is -1.14. The van der Waals surface area contributed by atoms with Gasteiger partial charge in [0, 0.05) is 19.6 Å². The summed E-state index contributed by atoms with van der Waals surface area (Å²) in [6.07, 6.45) is 0.309. The Kier molecular flexibility index (Phi) is 4.66. The van der Waals surface area contributed by atoms with Crippen LogP contribution in [-0.4, -0.2) is 21.7 Å². The van der Waals surface area contributed by atoms with E-state index in [1.165, 1.54) is 6.20 Å². The van der Waals surface area contributed by atoms with Crippen molar-refractivity contribution in [3.63, 3.8) is 0 Å². The number of carbonyl (C=O) groups is 1. The summed E-state index contributed by atoms with van der Waals surface area (Å²) in [7, 11) is 0. The first-order valence-corrected chi connectivity index (χ1v) is 7.85. The summed E-state index contributed by atoms with van der Waals surface area (Å²) < 4.78 is 20.7. The molecule has 21 heavy (non-hydrogen) atoms. The van der Waals surface area contributed by atoms with Gasteiger partial charge in [0.1, 0.15) is 5.60 Å². The van der Waals surface area contributed by atoms with Gasteiger partial charge in [0.25, 0.3) is 5.95 Å². The molecule has 1 amide bonds. The maximum Gasteiger partial charge on any atom is 0.446 e. The number of hydrogen-bond donors (Lipinski definition) is 0. The van der Waals surface area contributed by atoms with Gasteiger partial charge in [-0.15, -0.1) is 0 Å². The van der Waals surface area contributed by atoms with Crippen LogP contribution in [0.2, 0.25) is 0 Å². The van der Waals surface area contributed by atoms with Gasteiger partial charge in [0.15, 0.2) is 0 Å². The van der Waals surface area contributed by atoms with Crippen molar-refractivity contribution in [1.82, 2.24) is 9.97 Å². The average molecular weight is 468 g/mol. The molecule has 0 radical (unpaired) electrons. The van der Waals surface area contributed by atoms with Crippen molar-refractivity contribution in [2.24, 2.45) is 0 Å². The third kappa shape index (κ3) is 4.00. The molecule has 1 aromatic carbocycles. The lowest BCUT2D eigenvalue weighted by molar-refractivity contribution is 0.0497. The van der Waals surface area contributed by atoms with Gasteiger partial charge < -0.3 is 4.74 Å². The zero-order valence-electron chi connectivity index (χ0n) is 11.5. The summed E-state index contributed by atoms with van der Waals surface area (Å²) in [5.41, 5.74) is -0.253. The van der Waals surface area contributed by atoms with Crippen LogP contribution in [0.25, 0.3) is 10.9 Å². The van der Waals surface area contributed by atoms with Crippen molar-refractivity contribution in [3.05, 3.63) is 26.4 Å². The quantitative estimate of drug-likeness (QED) is 0.453. The highest BCUT2D eigenvalue weighted by Crippen LogP contribution is 2.26. The molecule has 8 heteroatoms. The van der Waals surface area contributed by atoms with Crippen molar-refractivity contribution in [3.8, 4) is 0 Å². The highest BCUT2D eigenvalue weighted by atomic mass is 127. The van der Waals surface area contributed by atoms with Crippen molar-refractivity contribution in [1.29, 1.82) is 0 Å². The second-order valence-electron chi connectivity index (χ2n) is 5.26. The lowest BCUT2D eigenvalue weighted by atomic mass is 10.2. The van der Waals surface area contributed by atoms with Crippen molar-refractivity contribution >= 4 is 61.5 Å². The first-order chi connectivity index (χ1) is 9.67. The summed E-state index contributed by atoms with van der Waals surface area (Å²) in [5, 5.41) is 0.545. The molecule has 0 atom stereocenters. The SMILES string of the molecule is CC(C)(C)OC(=O)N(F)c1ncc2cc(Br)c(I)cc2n1. The fraction of sp³-hybridized carbons (Fsp3) is 0.308. The maximum atomic E-state index is 14.0. The normalized spacial score (nSPS) is 11.5. The van der Waals surface area contributed by atoms with Crippen LogP contribution in [0.4, 0.5) is 15.2 Å². The van der Waals surface area contributed by atoms with Crippen molar-refractivity contribution in [2.45, 2.75) is 26.4 Å². The lowest BCUT2D eigenvalue weighted by Gasteiger charge is -2.21. The topological polar surface area (TPSA) is 55.3 Å². The predicted molar refractivity (Wildman–Crippen MR) is 89.8 cm³/mol. The maximum absolute atomic E-state index is 14.0. The van der Waals surface area contributed by atoms with Crippen LogP contribution in [0.5, 0.6) is 0 Å². The molecular formula is C13H12BrFIN3O2. The number of hydrogen-bond acceptors (Lipinski definition) is 4. The van der Waals surface area contributed by atoms with Gasteiger partial charge in [0.2, 0.25) is 0 Å². The molecule has 2 rings (SSSR count). The monoisotopic (exact) mass is 467 g/mol. The molecule has 0 aliphatic heterocycles. The standard InChI is InChI=1S/C13H12BrFIN3O2/c1-13(2,3)21-12(20)19(15)11-17-6-7-4-8(14)9(16)5-10(7)18-11/h4-6H,1-3H3. The fourth-order valence-electron chi connectivity index (χ4n) is 1.49. The van der Waals surface area contributed by atoms with Gasteiger partial charge >= 0.3 is 6.09 Å². The van der Waals surface area contributed by atoms with E-state index in [1.807, 2.05) is 6.07 Å². The second-order valence-corrected chi connectivity index (χ2v) is 7.27. The Morgan fingerprint density at radius 3 is 2.71 bits per heavy atom. The summed E-state index contributed by atoms with van der Waals surface area (Å²) in [5.74, 6) is -0.352. The second kappa shape index (κ2) is 5.99. The Labute approximate surface area is 143 Å². The largest absolute Gasteiger partial charge is 0.446 e. The highest BCUT2D eigenvalue weighted by Gasteiger charge is 2.25. The predicted octanol–water partition coefficient (Wildman–Crippen LogP) is 4.62. The Hall–Kier alpha value is -1.03. The van der Waals surface area contributed by atoms with Crippen LogP contribution >= 0.6 is 38.5 Å². The number of rotatable bonds is 1. The highest BCUT2D eigenvalue weighted by molar-refractivity contribution is 14.1. The molecule has 1 aromatic heterocycles. The molecule has 0 fully saturated rings. The fourth-order valence-corrected chi connectivity index (χ4v) is 2.31. The number of amides is 1. The first kappa shape index (κ1) is 16.3. The number of ether oxygens (including phenoxy) is 1. The third-order valence-corrected chi connectivity index (χ3v) is 4.63. The van der Waals surface area contributed by atoms with Crippen LogP contribution in [0.15, 0.2) is 22.8 Å². The van der Waals surface area contributed by atoms with Gasteiger partial charge in [-0.3, -0.25) is 0 Å². The van der Waals surface area contributed by atoms with E-state index in [1.54, 1.807) is 26.8 Å². The van der Waals surface area contributed by atoms with Gasteiger partial charge in [-0.2, -0.15) is 0 Å². The van der Waals surface area contributed by atoms with E-state index in [4.69, 9.17) is 4.74 Å². The summed E-state index contributed by atoms with van der Waals surface area (Å²) in [6.45, 7) is 4.96. The number of fused-ring (bicyclic) bond motifs is 1. The summed E-state index contributed by atoms with van der Waals surface area (Å²) >= 11 is 5.52. The summed E-state index contributed by atoms with van der Waals surface area (Å²) in [6, 6.07) is 3.60. The van der Waals surface area contributed by atoms with E-state index in [0.717, 1.165) is 13.4 Å². The molecule has 5 nitrogen and oxygen atoms in total. The summed E-state index contributed by atoms with van der Waals surface area (Å²) in [4.78, 5) is 19.5. The number of aromatic nitrogens is 2. The molecule has 0 aliphatic carbocycles. The van der Waals surface area contributed by atoms with Gasteiger partial charge in [-0.1, -0.05) is 9.60 Å². The van der Waals surface area contributed by atoms with Crippen LogP contribution in [0.3, 0.4) is 0 Å². The molecule has 0 spiro atoms. The van der Waals surface area contributed by atoms with E-state index in [2.05, 4.69) is 48.5 Å². The number of anilines is 1. The van der Waals surface area contributed by atoms with Crippen LogP contribution in [-0.2, 0) is 4.74 Å². The Morgan fingerprint density at radius 1 is 1.43 bits per heavy atom. The van der Waals surface area contributed by atoms with Crippen LogP contribution in [0.1, 0.15) is 20.8 Å². The third-order valence-electron chi connectivity index (χ3n) is 2.34. The first-order valence-electron chi connectivity index (χ1n) is 5.98. The smallest absolute Gasteiger partial charge is 0.442 e. The number of carbonyl (C=O) groups excluding carboxylic acids is 1. The molecule has 112 valence electrons. The minimum Gasteiger partial charge on any atom is -0.442 e. The Morgan fingerprint density at radius 2 is 2.10 bits per heavy atom. The van der Waals surface area contributed by atoms with E-state index < -0.39 is 11.7 Å². The van der Waals surface area contributed by atoms with Gasteiger partial charge in [-0.25, -0.2) is 14.8 Å². The number of benzene rings is 1. The molecular weight excluding hydrogens is 456 g/mol. The minimum absolute atomic E-state index is 0.195. The molecule has 0 N–H and O–H groups in total. The number of halogens is 3. The number of nitrogens with zero attached hydrogens (tertiary/aromatic N) is 3. The molecule has 0 unspecified atom stereocenters. The zero-order valence-corrected chi connectivity index (χ0v) is 15.3.